The molecule has 0 aromatic carbocycles. The number of hydrogen-bond donors (Lipinski definition) is 4. The quantitative estimate of drug-likeness (QED) is 0.0725. The van der Waals surface area contributed by atoms with Crippen LogP contribution in [0.15, 0.2) is 36.2 Å². The van der Waals surface area contributed by atoms with Gasteiger partial charge in [0, 0.05) is 31.1 Å². The van der Waals surface area contributed by atoms with Crippen LogP contribution in [0.25, 0.3) is 0 Å². The normalized spacial score (nSPS) is 25.6. The first-order chi connectivity index (χ1) is 33.0. The Labute approximate surface area is 404 Å². The van der Waals surface area contributed by atoms with Gasteiger partial charge in [-0.3, -0.25) is 14.4 Å². The molecule has 1 aliphatic carbocycles. The van der Waals surface area contributed by atoms with Crippen molar-refractivity contribution < 1.29 is 72.1 Å². The molecule has 4 N–H and O–H groups in total. The highest BCUT2D eigenvalue weighted by Crippen LogP contribution is 2.32. The van der Waals surface area contributed by atoms with Gasteiger partial charge >= 0.3 is 17.9 Å². The van der Waals surface area contributed by atoms with Gasteiger partial charge in [0.05, 0.1) is 39.5 Å². The summed E-state index contributed by atoms with van der Waals surface area (Å²) in [5, 5.41) is 26.3. The Morgan fingerprint density at radius 3 is 1.72 bits per heavy atom. The number of cyclic esters (lactones) is 2. The highest BCUT2D eigenvalue weighted by molar-refractivity contribution is 5.98. The zero-order valence-corrected chi connectivity index (χ0v) is 41.2. The Morgan fingerprint density at radius 2 is 1.22 bits per heavy atom. The smallest absolute Gasteiger partial charge is 0.329 e. The van der Waals surface area contributed by atoms with E-state index in [0.717, 1.165) is 31.3 Å². The number of methoxy groups -OCH3 is 2. The number of aromatic nitrogens is 2. The molecule has 2 aromatic rings. The molecule has 0 spiro atoms. The summed E-state index contributed by atoms with van der Waals surface area (Å²) in [5.41, 5.74) is 0.372. The molecule has 0 radical (unpaired) electrons. The van der Waals surface area contributed by atoms with Crippen molar-refractivity contribution in [3.05, 3.63) is 47.6 Å². The lowest BCUT2D eigenvalue weighted by molar-refractivity contribution is -0.179. The Morgan fingerprint density at radius 1 is 0.725 bits per heavy atom. The highest BCUT2D eigenvalue weighted by atomic mass is 16.6. The largest absolute Gasteiger partial charge is 0.503 e. The summed E-state index contributed by atoms with van der Waals surface area (Å²) in [4.78, 5) is 74.8. The summed E-state index contributed by atoms with van der Waals surface area (Å²) in [7, 11) is 2.71. The van der Waals surface area contributed by atoms with Gasteiger partial charge in [-0.15, -0.1) is 0 Å². The third-order valence-corrected chi connectivity index (χ3v) is 12.6. The van der Waals surface area contributed by atoms with Gasteiger partial charge in [0.25, 0.3) is 11.8 Å². The summed E-state index contributed by atoms with van der Waals surface area (Å²) in [6.07, 6.45) is 6.73. The van der Waals surface area contributed by atoms with Crippen LogP contribution in [0.3, 0.4) is 0 Å². The minimum atomic E-state index is -1.07. The third kappa shape index (κ3) is 15.5. The maximum atomic E-state index is 13.6. The molecule has 5 rings (SSSR count). The standard InChI is InChI=1S/C50H72N4O15/c1-28(2)25-65-44-31(5)67-49(60)34(53-46(57)40-42(55)36(62-7)21-23-51-40)15-11-17-38(44)64-26-29(3)19-20-30(4)27-66-45-32(6)68-50(61)35(54-47(58)41-43(56)37(63-8)22-24-52-41)16-12-18-39(45)69-48(59)33-13-9-10-14-33/h19,21-24,28,30-35,38-39,44-45,55-56H,9-18,20,25-27H2,1-8H3,(H,53,57)(H,54,58). The highest BCUT2D eigenvalue weighted by Gasteiger charge is 2.40. The Balaban J connectivity index is 1.21. The number of amides is 2. The lowest BCUT2D eigenvalue weighted by Gasteiger charge is -2.32. The van der Waals surface area contributed by atoms with Crippen molar-refractivity contribution >= 4 is 29.7 Å². The number of ether oxygens (including phenoxy) is 8. The zero-order chi connectivity index (χ0) is 50.2. The van der Waals surface area contributed by atoms with Crippen molar-refractivity contribution in [2.45, 2.75) is 161 Å². The number of nitrogens with zero attached hydrogens (tertiary/aromatic N) is 2. The number of carbonyl (C=O) groups excluding carboxylic acids is 5. The number of carbonyl (C=O) groups is 5. The van der Waals surface area contributed by atoms with E-state index >= 15 is 0 Å². The lowest BCUT2D eigenvalue weighted by Crippen LogP contribution is -2.46. The fourth-order valence-electron chi connectivity index (χ4n) is 8.67. The van der Waals surface area contributed by atoms with E-state index < -0.39 is 84.0 Å². The van der Waals surface area contributed by atoms with E-state index in [4.69, 9.17) is 37.9 Å². The monoisotopic (exact) mass is 968 g/mol. The minimum absolute atomic E-state index is 0.0237. The van der Waals surface area contributed by atoms with E-state index in [2.05, 4.69) is 26.7 Å². The maximum absolute atomic E-state index is 13.6. The summed E-state index contributed by atoms with van der Waals surface area (Å²) in [6, 6.07) is 0.743. The van der Waals surface area contributed by atoms with Gasteiger partial charge in [-0.1, -0.05) is 45.3 Å². The SMILES string of the molecule is COc1ccnc(C(=O)NC2CCCC(OCC(C)=CCC(C)COC3C(C)OC(=O)C(NC(=O)c4nccc(OC)c4O)CCCC3OC(=O)C3CCCC3)C(OCC(C)C)C(C)OC2=O)c1O. The van der Waals surface area contributed by atoms with Crippen LogP contribution >= 0.6 is 0 Å². The topological polar surface area (TPSA) is 249 Å². The molecule has 2 saturated heterocycles. The van der Waals surface area contributed by atoms with Gasteiger partial charge < -0.3 is 58.7 Å². The molecule has 2 amide bonds. The number of pyridine rings is 2. The van der Waals surface area contributed by atoms with E-state index in [-0.39, 0.29) is 72.7 Å². The van der Waals surface area contributed by atoms with Crippen molar-refractivity contribution in [2.24, 2.45) is 17.8 Å². The second kappa shape index (κ2) is 26.4. The van der Waals surface area contributed by atoms with Crippen molar-refractivity contribution in [3.63, 3.8) is 0 Å². The van der Waals surface area contributed by atoms with Gasteiger partial charge in [0.2, 0.25) is 0 Å². The molecule has 3 aliphatic rings. The first-order valence-corrected chi connectivity index (χ1v) is 24.2. The van der Waals surface area contributed by atoms with Crippen molar-refractivity contribution in [1.29, 1.82) is 0 Å². The van der Waals surface area contributed by atoms with Crippen LogP contribution in [0.5, 0.6) is 23.0 Å². The van der Waals surface area contributed by atoms with Crippen molar-refractivity contribution in [3.8, 4) is 23.0 Å². The van der Waals surface area contributed by atoms with Crippen LogP contribution in [0.2, 0.25) is 0 Å². The second-order valence-electron chi connectivity index (χ2n) is 18.8. The van der Waals surface area contributed by atoms with E-state index in [0.29, 0.717) is 38.7 Å². The number of allylic oxidation sites excluding steroid dienone is 1. The molecule has 1 saturated carbocycles. The number of nitrogens with one attached hydrogen (secondary N) is 2. The Bertz CT molecular complexity index is 2080. The lowest BCUT2D eigenvalue weighted by atomic mass is 10.0. The summed E-state index contributed by atoms with van der Waals surface area (Å²) in [5.74, 6) is -3.94. The Hall–Kier alpha value is -5.53. The number of hydrogen-bond acceptors (Lipinski definition) is 17. The van der Waals surface area contributed by atoms with Gasteiger partial charge in [-0.25, -0.2) is 19.6 Å². The predicted octanol–water partition coefficient (Wildman–Crippen LogP) is 5.92. The van der Waals surface area contributed by atoms with E-state index in [1.54, 1.807) is 13.8 Å². The molecule has 19 heteroatoms. The molecule has 4 heterocycles. The molecule has 2 aromatic heterocycles. The molecule has 69 heavy (non-hydrogen) atoms. The molecule has 9 atom stereocenters. The number of rotatable bonds is 19. The van der Waals surface area contributed by atoms with Crippen LogP contribution in [-0.4, -0.2) is 133 Å². The van der Waals surface area contributed by atoms with Crippen molar-refractivity contribution in [2.75, 3.05) is 34.0 Å². The van der Waals surface area contributed by atoms with Crippen LogP contribution in [0.1, 0.15) is 133 Å². The maximum Gasteiger partial charge on any atom is 0.329 e. The average molecular weight is 969 g/mol. The first-order valence-electron chi connectivity index (χ1n) is 24.2. The zero-order valence-electron chi connectivity index (χ0n) is 41.2. The molecule has 2 aliphatic heterocycles. The molecule has 0 bridgehead atoms. The van der Waals surface area contributed by atoms with Crippen LogP contribution in [0.4, 0.5) is 0 Å². The van der Waals surface area contributed by atoms with Crippen LogP contribution in [0, 0.1) is 17.8 Å². The number of aromatic hydroxyl groups is 2. The van der Waals surface area contributed by atoms with E-state index in [1.165, 1.54) is 38.7 Å². The first kappa shape index (κ1) is 54.4. The van der Waals surface area contributed by atoms with Crippen molar-refractivity contribution in [1.82, 2.24) is 20.6 Å². The van der Waals surface area contributed by atoms with E-state index in [9.17, 15) is 34.2 Å². The fourth-order valence-corrected chi connectivity index (χ4v) is 8.67. The summed E-state index contributed by atoms with van der Waals surface area (Å²) in [6.45, 7) is 12.4. The molecular formula is C50H72N4O15. The Kier molecular flexibility index (Phi) is 20.9. The predicted molar refractivity (Wildman–Crippen MR) is 250 cm³/mol. The average Bonchev–Trinajstić information content (AvgIpc) is 3.89. The van der Waals surface area contributed by atoms with Gasteiger partial charge in [0.1, 0.15) is 42.6 Å². The van der Waals surface area contributed by atoms with Gasteiger partial charge in [-0.2, -0.15) is 0 Å². The van der Waals surface area contributed by atoms with Gasteiger partial charge in [0.15, 0.2) is 34.4 Å². The summed E-state index contributed by atoms with van der Waals surface area (Å²) >= 11 is 0. The minimum Gasteiger partial charge on any atom is -0.503 e. The molecule has 9 unspecified atom stereocenters. The molecule has 382 valence electrons. The van der Waals surface area contributed by atoms with E-state index in [1.807, 2.05) is 27.7 Å². The molecular weight excluding hydrogens is 897 g/mol. The second-order valence-corrected chi connectivity index (χ2v) is 18.8. The number of esters is 3. The summed E-state index contributed by atoms with van der Waals surface area (Å²) < 4.78 is 47.6. The van der Waals surface area contributed by atoms with Crippen LogP contribution in [-0.2, 0) is 42.8 Å². The fraction of sp³-hybridized carbons (Fsp3) is 0.660. The van der Waals surface area contributed by atoms with Crippen LogP contribution < -0.4 is 20.1 Å². The molecule has 19 nitrogen and oxygen atoms in total. The molecule has 3 fully saturated rings. The third-order valence-electron chi connectivity index (χ3n) is 12.6. The van der Waals surface area contributed by atoms with Gasteiger partial charge in [-0.05, 0) is 90.4 Å².